The molecule has 1 amide bonds. The molecule has 0 spiro atoms. The van der Waals surface area contributed by atoms with Crippen LogP contribution >= 0.6 is 0 Å². The van der Waals surface area contributed by atoms with Crippen LogP contribution < -0.4 is 16.4 Å². The summed E-state index contributed by atoms with van der Waals surface area (Å²) in [5.74, 6) is -0.428. The fourth-order valence-electron chi connectivity index (χ4n) is 4.15. The van der Waals surface area contributed by atoms with Crippen LogP contribution in [0.3, 0.4) is 0 Å². The Morgan fingerprint density at radius 2 is 1.83 bits per heavy atom. The highest BCUT2D eigenvalue weighted by atomic mass is 16.1. The molecule has 0 atom stereocenters. The minimum absolute atomic E-state index is 0.0157. The van der Waals surface area contributed by atoms with Gasteiger partial charge in [0, 0.05) is 31.7 Å². The van der Waals surface area contributed by atoms with E-state index in [2.05, 4.69) is 10.3 Å². The van der Waals surface area contributed by atoms with Gasteiger partial charge in [0.25, 0.3) is 11.5 Å². The molecular formula is C27H24N6O2. The van der Waals surface area contributed by atoms with Gasteiger partial charge >= 0.3 is 0 Å². The zero-order valence-electron chi connectivity index (χ0n) is 19.2. The van der Waals surface area contributed by atoms with Crippen LogP contribution in [0.15, 0.2) is 84.0 Å². The number of aromatic nitrogens is 4. The zero-order valence-corrected chi connectivity index (χ0v) is 19.2. The Balaban J connectivity index is 1.64. The number of aryl methyl sites for hydroxylation is 3. The molecule has 5 aromatic rings. The van der Waals surface area contributed by atoms with Gasteiger partial charge in [0.1, 0.15) is 16.8 Å². The maximum Gasteiger partial charge on any atom is 0.267 e. The first-order valence-electron chi connectivity index (χ1n) is 11.3. The Bertz CT molecular complexity index is 1660. The average Bonchev–Trinajstić information content (AvgIpc) is 2.88. The van der Waals surface area contributed by atoms with Gasteiger partial charge in [-0.1, -0.05) is 42.5 Å². The fraction of sp³-hybridized carbons (Fsp3) is 0.148. The first-order chi connectivity index (χ1) is 17.0. The van der Waals surface area contributed by atoms with Crippen molar-refractivity contribution in [2.75, 3.05) is 0 Å². The van der Waals surface area contributed by atoms with Gasteiger partial charge in [-0.3, -0.25) is 24.4 Å². The summed E-state index contributed by atoms with van der Waals surface area (Å²) < 4.78 is 3.15. The van der Waals surface area contributed by atoms with Crippen LogP contribution in [0.4, 0.5) is 0 Å². The highest BCUT2D eigenvalue weighted by Gasteiger charge is 2.18. The summed E-state index contributed by atoms with van der Waals surface area (Å²) in [5.41, 5.74) is 3.58. The molecule has 1 aromatic carbocycles. The normalized spacial score (nSPS) is 11.1. The number of benzene rings is 1. The third-order valence-corrected chi connectivity index (χ3v) is 6.02. The summed E-state index contributed by atoms with van der Waals surface area (Å²) in [6.07, 6.45) is 5.63. The highest BCUT2D eigenvalue weighted by molar-refractivity contribution is 5.96. The lowest BCUT2D eigenvalue weighted by Gasteiger charge is -2.15. The van der Waals surface area contributed by atoms with Gasteiger partial charge in [-0.25, -0.2) is 4.98 Å². The zero-order chi connectivity index (χ0) is 24.4. The number of carbonyl (C=O) groups is 1. The summed E-state index contributed by atoms with van der Waals surface area (Å²) in [5, 5.41) is 12.0. The molecular weight excluding hydrogens is 440 g/mol. The molecule has 8 heteroatoms. The van der Waals surface area contributed by atoms with Crippen molar-refractivity contribution >= 4 is 22.6 Å². The van der Waals surface area contributed by atoms with Crippen molar-refractivity contribution in [3.8, 4) is 0 Å². The second-order valence-corrected chi connectivity index (χ2v) is 8.38. The van der Waals surface area contributed by atoms with Crippen molar-refractivity contribution in [1.82, 2.24) is 24.3 Å². The van der Waals surface area contributed by atoms with Gasteiger partial charge < -0.3 is 9.88 Å². The van der Waals surface area contributed by atoms with Crippen molar-refractivity contribution in [1.29, 1.82) is 5.41 Å². The molecule has 0 aliphatic carbocycles. The maximum absolute atomic E-state index is 13.4. The SMILES string of the molecule is Cc1cccn2c(=O)c3cc(C(=O)NCc4cccnc4)c(=N)n(CCc4ccccc4)c3nc12. The summed E-state index contributed by atoms with van der Waals surface area (Å²) >= 11 is 0. The number of nitrogens with zero attached hydrogens (tertiary/aromatic N) is 4. The lowest BCUT2D eigenvalue weighted by Crippen LogP contribution is -2.35. The van der Waals surface area contributed by atoms with Gasteiger partial charge in [0.2, 0.25) is 0 Å². The smallest absolute Gasteiger partial charge is 0.267 e. The fourth-order valence-corrected chi connectivity index (χ4v) is 4.15. The molecule has 0 saturated carbocycles. The Morgan fingerprint density at radius 1 is 1.03 bits per heavy atom. The monoisotopic (exact) mass is 464 g/mol. The van der Waals surface area contributed by atoms with E-state index in [1.165, 1.54) is 10.5 Å². The van der Waals surface area contributed by atoms with Crippen LogP contribution in [0.1, 0.15) is 27.0 Å². The topological polar surface area (TPSA) is 105 Å². The Kier molecular flexibility index (Phi) is 5.93. The van der Waals surface area contributed by atoms with Crippen LogP contribution in [0, 0.1) is 12.3 Å². The Labute approximate surface area is 201 Å². The summed E-state index contributed by atoms with van der Waals surface area (Å²) in [6.45, 7) is 2.56. The number of hydrogen-bond acceptors (Lipinski definition) is 5. The quantitative estimate of drug-likeness (QED) is 0.377. The Hall–Kier alpha value is -4.59. The van der Waals surface area contributed by atoms with Crippen LogP contribution in [0.5, 0.6) is 0 Å². The molecule has 0 unspecified atom stereocenters. The molecule has 0 radical (unpaired) electrons. The van der Waals surface area contributed by atoms with Crippen LogP contribution in [0.25, 0.3) is 16.7 Å². The molecule has 0 bridgehead atoms. The molecule has 174 valence electrons. The minimum Gasteiger partial charge on any atom is -0.348 e. The van der Waals surface area contributed by atoms with Gasteiger partial charge in [0.05, 0.1) is 10.9 Å². The molecule has 0 saturated heterocycles. The second kappa shape index (κ2) is 9.34. The van der Waals surface area contributed by atoms with Crippen molar-refractivity contribution in [3.05, 3.63) is 117 Å². The number of fused-ring (bicyclic) bond motifs is 2. The van der Waals surface area contributed by atoms with Crippen LogP contribution in [-0.4, -0.2) is 24.8 Å². The number of pyridine rings is 3. The van der Waals surface area contributed by atoms with Gasteiger partial charge in [-0.2, -0.15) is 0 Å². The van der Waals surface area contributed by atoms with Crippen LogP contribution in [0.2, 0.25) is 0 Å². The number of amides is 1. The molecule has 0 fully saturated rings. The third-order valence-electron chi connectivity index (χ3n) is 6.02. The second-order valence-electron chi connectivity index (χ2n) is 8.38. The molecule has 35 heavy (non-hydrogen) atoms. The lowest BCUT2D eigenvalue weighted by atomic mass is 10.1. The first kappa shape index (κ1) is 22.2. The predicted octanol–water partition coefficient (Wildman–Crippen LogP) is 3.00. The van der Waals surface area contributed by atoms with Gasteiger partial charge in [0.15, 0.2) is 0 Å². The number of rotatable bonds is 6. The van der Waals surface area contributed by atoms with E-state index < -0.39 is 5.91 Å². The van der Waals surface area contributed by atoms with E-state index >= 15 is 0 Å². The molecule has 2 N–H and O–H groups in total. The van der Waals surface area contributed by atoms with Crippen molar-refractivity contribution in [2.24, 2.45) is 0 Å². The number of carbonyl (C=O) groups excluding carboxylic acids is 1. The van der Waals surface area contributed by atoms with E-state index in [9.17, 15) is 9.59 Å². The van der Waals surface area contributed by atoms with Crippen molar-refractivity contribution in [3.63, 3.8) is 0 Å². The summed E-state index contributed by atoms with van der Waals surface area (Å²) in [7, 11) is 0. The lowest BCUT2D eigenvalue weighted by molar-refractivity contribution is 0.0948. The van der Waals surface area contributed by atoms with E-state index in [1.54, 1.807) is 35.3 Å². The third kappa shape index (κ3) is 4.33. The maximum atomic E-state index is 13.4. The largest absolute Gasteiger partial charge is 0.348 e. The number of hydrogen-bond donors (Lipinski definition) is 2. The van der Waals surface area contributed by atoms with E-state index in [4.69, 9.17) is 10.4 Å². The minimum atomic E-state index is -0.428. The average molecular weight is 465 g/mol. The molecule has 0 aliphatic heterocycles. The standard InChI is InChI=1S/C27H24N6O2/c1-18-7-6-13-33-24(18)31-25-22(27(33)35)15-21(26(34)30-17-20-10-5-12-29-16-20)23(28)32(25)14-11-19-8-3-2-4-9-19/h2-10,12-13,15-16,28H,11,14,17H2,1H3,(H,30,34). The number of nitrogens with one attached hydrogen (secondary N) is 2. The molecule has 4 heterocycles. The van der Waals surface area contributed by atoms with Crippen molar-refractivity contribution in [2.45, 2.75) is 26.4 Å². The summed E-state index contributed by atoms with van der Waals surface area (Å²) in [4.78, 5) is 35.4. The molecule has 8 nitrogen and oxygen atoms in total. The predicted molar refractivity (Wildman–Crippen MR) is 133 cm³/mol. The Morgan fingerprint density at radius 3 is 2.60 bits per heavy atom. The van der Waals surface area contributed by atoms with E-state index in [0.717, 1.165) is 16.7 Å². The highest BCUT2D eigenvalue weighted by Crippen LogP contribution is 2.14. The van der Waals surface area contributed by atoms with Crippen molar-refractivity contribution < 1.29 is 4.79 Å². The molecule has 0 aliphatic rings. The van der Waals surface area contributed by atoms with E-state index in [1.807, 2.05) is 49.4 Å². The summed E-state index contributed by atoms with van der Waals surface area (Å²) in [6, 6.07) is 18.7. The van der Waals surface area contributed by atoms with Gasteiger partial charge in [-0.15, -0.1) is 0 Å². The molecule has 5 rings (SSSR count). The van der Waals surface area contributed by atoms with E-state index in [0.29, 0.717) is 29.6 Å². The van der Waals surface area contributed by atoms with Crippen LogP contribution in [-0.2, 0) is 19.5 Å². The molecule has 4 aromatic heterocycles. The first-order valence-corrected chi connectivity index (χ1v) is 11.3. The van der Waals surface area contributed by atoms with E-state index in [-0.39, 0.29) is 23.2 Å². The van der Waals surface area contributed by atoms with Gasteiger partial charge in [-0.05, 0) is 48.2 Å².